The molecule has 0 atom stereocenters. The lowest BCUT2D eigenvalue weighted by molar-refractivity contribution is 0.171. The highest BCUT2D eigenvalue weighted by atomic mass is 32.2. The fraction of sp³-hybridized carbons (Fsp3) is 0.500. The van der Waals surface area contributed by atoms with Crippen LogP contribution in [0.2, 0.25) is 0 Å². The van der Waals surface area contributed by atoms with Crippen molar-refractivity contribution in [2.24, 2.45) is 4.47 Å². The van der Waals surface area contributed by atoms with E-state index in [1.807, 2.05) is 0 Å². The van der Waals surface area contributed by atoms with Crippen LogP contribution in [0.15, 0.2) is 4.47 Å². The van der Waals surface area contributed by atoms with Crippen LogP contribution in [0.4, 0.5) is 4.79 Å². The van der Waals surface area contributed by atoms with Crippen molar-refractivity contribution in [3.8, 4) is 0 Å². The average molecular weight is 152 g/mol. The summed E-state index contributed by atoms with van der Waals surface area (Å²) in [6.07, 6.45) is -0.917. The third kappa shape index (κ3) is 4.75. The van der Waals surface area contributed by atoms with E-state index in [1.54, 1.807) is 5.43 Å². The summed E-state index contributed by atoms with van der Waals surface area (Å²) in [5, 5.41) is 0. The second-order valence-corrected chi connectivity index (χ2v) is 1.53. The van der Waals surface area contributed by atoms with Crippen LogP contribution in [0.1, 0.15) is 0 Å². The molecule has 0 aromatic carbocycles. The molecule has 0 aromatic heterocycles. The number of hydrogen-bond donors (Lipinski definition) is 1. The molecule has 0 saturated carbocycles. The molecule has 0 spiro atoms. The molecule has 6 nitrogen and oxygen atoms in total. The maximum absolute atomic E-state index is 10.0. The molecule has 0 saturated heterocycles. The summed E-state index contributed by atoms with van der Waals surface area (Å²) in [5.41, 5.74) is 1.58. The monoisotopic (exact) mass is 152 g/mol. The van der Waals surface area contributed by atoms with Crippen LogP contribution in [0.3, 0.4) is 0 Å². The minimum absolute atomic E-state index is 0.917. The first kappa shape index (κ1) is 7.89. The molecule has 0 rings (SSSR count). The predicted octanol–water partition coefficient (Wildman–Crippen LogP) is -0.680. The van der Waals surface area contributed by atoms with Gasteiger partial charge in [-0.15, -0.1) is 0 Å². The summed E-state index contributed by atoms with van der Waals surface area (Å²) >= 11 is 0. The van der Waals surface area contributed by atoms with Crippen molar-refractivity contribution < 1.29 is 17.9 Å². The van der Waals surface area contributed by atoms with Crippen LogP contribution in [-0.4, -0.2) is 21.6 Å². The van der Waals surface area contributed by atoms with E-state index in [0.717, 1.165) is 7.11 Å². The van der Waals surface area contributed by atoms with Crippen LogP contribution in [0.5, 0.6) is 0 Å². The molecule has 0 aromatic rings. The first-order valence-corrected chi connectivity index (χ1v) is 2.84. The highest BCUT2D eigenvalue weighted by Crippen LogP contribution is 1.67. The van der Waals surface area contributed by atoms with Crippen LogP contribution >= 0.6 is 0 Å². The minimum atomic E-state index is -2.62. The second kappa shape index (κ2) is 3.84. The Bertz CT molecular complexity index is 209. The lowest BCUT2D eigenvalue weighted by atomic mass is 11.2. The molecule has 0 aliphatic carbocycles. The molecule has 0 bridgehead atoms. The largest absolute Gasteiger partial charge is 0.452 e. The van der Waals surface area contributed by atoms with Gasteiger partial charge in [0.05, 0.1) is 7.11 Å². The molecule has 0 heterocycles. The smallest absolute Gasteiger partial charge is 0.428 e. The van der Waals surface area contributed by atoms with Crippen LogP contribution in [0, 0.1) is 0 Å². The van der Waals surface area contributed by atoms with Crippen LogP contribution < -0.4 is 5.43 Å². The number of methoxy groups -OCH3 is 1. The van der Waals surface area contributed by atoms with E-state index < -0.39 is 16.6 Å². The number of hydrogen-bond acceptors (Lipinski definition) is 5. The van der Waals surface area contributed by atoms with Gasteiger partial charge in [0.15, 0.2) is 0 Å². The van der Waals surface area contributed by atoms with Crippen molar-refractivity contribution in [2.75, 3.05) is 7.11 Å². The summed E-state index contributed by atoms with van der Waals surface area (Å²) in [6.45, 7) is 0. The van der Waals surface area contributed by atoms with Gasteiger partial charge < -0.3 is 4.74 Å². The zero-order valence-corrected chi connectivity index (χ0v) is 5.30. The Morgan fingerprint density at radius 1 is 1.67 bits per heavy atom. The minimum Gasteiger partial charge on any atom is -0.452 e. The zero-order chi connectivity index (χ0) is 7.28. The second-order valence-electron chi connectivity index (χ2n) is 0.912. The van der Waals surface area contributed by atoms with Crippen molar-refractivity contribution in [3.63, 3.8) is 0 Å². The number of carbonyl (C=O) groups excluding carboxylic acids is 1. The van der Waals surface area contributed by atoms with E-state index in [1.165, 1.54) is 0 Å². The summed E-state index contributed by atoms with van der Waals surface area (Å²) < 4.78 is 25.7. The highest BCUT2D eigenvalue weighted by Gasteiger charge is 1.91. The Morgan fingerprint density at radius 3 is 2.56 bits per heavy atom. The maximum Gasteiger partial charge on any atom is 0.428 e. The Morgan fingerprint density at radius 2 is 2.22 bits per heavy atom. The lowest BCUT2D eigenvalue weighted by Crippen LogP contribution is -2.15. The van der Waals surface area contributed by atoms with Gasteiger partial charge in [0.25, 0.3) is 0 Å². The zero-order valence-electron chi connectivity index (χ0n) is 4.49. The van der Waals surface area contributed by atoms with Crippen molar-refractivity contribution in [3.05, 3.63) is 0 Å². The van der Waals surface area contributed by atoms with Crippen molar-refractivity contribution in [1.29, 1.82) is 0 Å². The van der Waals surface area contributed by atoms with E-state index in [4.69, 9.17) is 0 Å². The third-order valence-electron chi connectivity index (χ3n) is 0.397. The third-order valence-corrected chi connectivity index (χ3v) is 0.637. The van der Waals surface area contributed by atoms with Crippen molar-refractivity contribution in [2.45, 2.75) is 0 Å². The number of carbonyl (C=O) groups is 1. The number of nitrogens with zero attached hydrogens (tertiary/aromatic N) is 1. The van der Waals surface area contributed by atoms with Gasteiger partial charge >= 0.3 is 16.6 Å². The standard InChI is InChI=1S/C2H4N2O4S/c1-8-2(5)3-4-9(6)7/h1H3,(H,3,5). The summed E-state index contributed by atoms with van der Waals surface area (Å²) in [5.74, 6) is 0. The molecule has 9 heavy (non-hydrogen) atoms. The SMILES string of the molecule is COC(=O)NN=S(=O)=O. The van der Waals surface area contributed by atoms with Gasteiger partial charge in [-0.3, -0.25) is 0 Å². The maximum atomic E-state index is 10.0. The van der Waals surface area contributed by atoms with Crippen molar-refractivity contribution >= 4 is 16.6 Å². The van der Waals surface area contributed by atoms with Gasteiger partial charge in [0, 0.05) is 0 Å². The van der Waals surface area contributed by atoms with E-state index in [-0.39, 0.29) is 0 Å². The van der Waals surface area contributed by atoms with Crippen LogP contribution in [0.25, 0.3) is 0 Å². The van der Waals surface area contributed by atoms with Gasteiger partial charge in [-0.1, -0.05) is 0 Å². The van der Waals surface area contributed by atoms with Gasteiger partial charge in [0.1, 0.15) is 0 Å². The summed E-state index contributed by atoms with van der Waals surface area (Å²) in [4.78, 5) is 10.0. The molecule has 0 unspecified atom stereocenters. The highest BCUT2D eigenvalue weighted by molar-refractivity contribution is 7.61. The molecule has 0 aliphatic rings. The summed E-state index contributed by atoms with van der Waals surface area (Å²) in [6, 6.07) is 0. The molecule has 7 heteroatoms. The van der Waals surface area contributed by atoms with E-state index in [2.05, 4.69) is 9.21 Å². The molecular formula is C2H4N2O4S. The Hall–Kier alpha value is -1.11. The van der Waals surface area contributed by atoms with Gasteiger partial charge in [-0.2, -0.15) is 13.8 Å². The average Bonchev–Trinajstić information content (AvgIpc) is 1.83. The van der Waals surface area contributed by atoms with E-state index in [9.17, 15) is 13.2 Å². The quantitative estimate of drug-likeness (QED) is 0.504. The molecule has 52 valence electrons. The van der Waals surface area contributed by atoms with Crippen molar-refractivity contribution in [1.82, 2.24) is 5.43 Å². The molecule has 0 aliphatic heterocycles. The number of ether oxygens (including phenoxy) is 1. The number of rotatable bonds is 1. The molecule has 1 N–H and O–H groups in total. The molecule has 0 radical (unpaired) electrons. The molecule has 0 fully saturated rings. The topological polar surface area (TPSA) is 84.8 Å². The number of amides is 1. The van der Waals surface area contributed by atoms with Gasteiger partial charge in [0.2, 0.25) is 0 Å². The Balaban J connectivity index is 3.78. The summed E-state index contributed by atoms with van der Waals surface area (Å²) in [7, 11) is -1.53. The predicted molar refractivity (Wildman–Crippen MR) is 26.9 cm³/mol. The normalized spacial score (nSPS) is 7.67. The van der Waals surface area contributed by atoms with Gasteiger partial charge in [-0.25, -0.2) is 4.79 Å². The Labute approximate surface area is 52.5 Å². The molecule has 1 amide bonds. The number of nitrogens with one attached hydrogen (secondary N) is 1. The first-order valence-electron chi connectivity index (χ1n) is 1.81. The Kier molecular flexibility index (Phi) is 3.37. The fourth-order valence-electron chi connectivity index (χ4n) is 0.120. The van der Waals surface area contributed by atoms with E-state index >= 15 is 0 Å². The fourth-order valence-corrected chi connectivity index (χ4v) is 0.269. The van der Waals surface area contributed by atoms with Crippen LogP contribution in [-0.2, 0) is 15.2 Å². The molecular weight excluding hydrogens is 148 g/mol. The van der Waals surface area contributed by atoms with E-state index in [0.29, 0.717) is 0 Å². The lowest BCUT2D eigenvalue weighted by Gasteiger charge is -1.89. The first-order chi connectivity index (χ1) is 4.16. The van der Waals surface area contributed by atoms with Gasteiger partial charge in [-0.05, 0) is 4.47 Å².